The molecule has 5 heteroatoms. The van der Waals surface area contributed by atoms with Crippen molar-refractivity contribution in [3.8, 4) is 34.5 Å². The maximum atomic E-state index is 13.0. The second-order valence-corrected chi connectivity index (χ2v) is 6.72. The number of amides is 1. The van der Waals surface area contributed by atoms with Crippen molar-refractivity contribution < 1.29 is 9.53 Å². The lowest BCUT2D eigenvalue weighted by Gasteiger charge is -2.07. The highest BCUT2D eigenvalue weighted by atomic mass is 16.5. The number of carbonyl (C=O) groups excluding carboxylic acids is 1. The first-order valence-corrected chi connectivity index (χ1v) is 9.87. The van der Waals surface area contributed by atoms with E-state index in [4.69, 9.17) is 9.84 Å². The van der Waals surface area contributed by atoms with E-state index in [-0.39, 0.29) is 12.5 Å². The Bertz CT molecular complexity index is 1240. The minimum Gasteiger partial charge on any atom is -0.496 e. The number of ether oxygens (including phenoxy) is 1. The van der Waals surface area contributed by atoms with Crippen molar-refractivity contribution in [2.75, 3.05) is 13.7 Å². The molecule has 0 saturated heterocycles. The third kappa shape index (κ3) is 4.65. The van der Waals surface area contributed by atoms with Crippen molar-refractivity contribution in [1.29, 1.82) is 0 Å². The van der Waals surface area contributed by atoms with Crippen LogP contribution < -0.4 is 10.1 Å². The second kappa shape index (κ2) is 9.47. The van der Waals surface area contributed by atoms with Gasteiger partial charge in [0, 0.05) is 17.3 Å². The van der Waals surface area contributed by atoms with E-state index >= 15 is 0 Å². The van der Waals surface area contributed by atoms with Crippen LogP contribution >= 0.6 is 0 Å². The second-order valence-electron chi connectivity index (χ2n) is 6.72. The number of para-hydroxylation sites is 2. The lowest BCUT2D eigenvalue weighted by Crippen LogP contribution is -2.23. The number of carbonyl (C=O) groups is 1. The van der Waals surface area contributed by atoms with E-state index in [1.807, 2.05) is 84.9 Å². The van der Waals surface area contributed by atoms with Gasteiger partial charge in [0.2, 0.25) is 0 Å². The van der Waals surface area contributed by atoms with Crippen molar-refractivity contribution in [1.82, 2.24) is 15.1 Å². The SMILES string of the molecule is COc1ccccc1-c1nn(-c2ccccc2)cc1C(=O)NCC#Cc1ccccc1. The van der Waals surface area contributed by atoms with Gasteiger partial charge in [-0.15, -0.1) is 0 Å². The van der Waals surface area contributed by atoms with Gasteiger partial charge >= 0.3 is 0 Å². The molecule has 0 aliphatic heterocycles. The van der Waals surface area contributed by atoms with E-state index in [1.165, 1.54) is 0 Å². The third-order valence-corrected chi connectivity index (χ3v) is 4.69. The summed E-state index contributed by atoms with van der Waals surface area (Å²) in [5.74, 6) is 6.44. The molecule has 0 spiro atoms. The maximum absolute atomic E-state index is 13.0. The molecule has 1 amide bonds. The molecule has 0 atom stereocenters. The number of nitrogens with one attached hydrogen (secondary N) is 1. The van der Waals surface area contributed by atoms with Gasteiger partial charge in [-0.05, 0) is 36.4 Å². The Balaban J connectivity index is 1.64. The average molecular weight is 407 g/mol. The topological polar surface area (TPSA) is 56.2 Å². The van der Waals surface area contributed by atoms with Crippen LogP contribution in [0.5, 0.6) is 5.75 Å². The summed E-state index contributed by atoms with van der Waals surface area (Å²) in [5.41, 5.74) is 3.52. The molecular weight excluding hydrogens is 386 g/mol. The summed E-state index contributed by atoms with van der Waals surface area (Å²) in [5, 5.41) is 7.57. The van der Waals surface area contributed by atoms with Crippen molar-refractivity contribution in [3.63, 3.8) is 0 Å². The number of nitrogens with zero attached hydrogens (tertiary/aromatic N) is 2. The zero-order valence-electron chi connectivity index (χ0n) is 17.1. The molecule has 0 saturated carbocycles. The van der Waals surface area contributed by atoms with E-state index in [0.29, 0.717) is 17.0 Å². The molecule has 5 nitrogen and oxygen atoms in total. The lowest BCUT2D eigenvalue weighted by atomic mass is 10.1. The fourth-order valence-electron chi connectivity index (χ4n) is 3.18. The zero-order chi connectivity index (χ0) is 21.5. The van der Waals surface area contributed by atoms with Crippen LogP contribution in [0.1, 0.15) is 15.9 Å². The van der Waals surface area contributed by atoms with Gasteiger partial charge in [-0.25, -0.2) is 4.68 Å². The Morgan fingerprint density at radius 1 is 0.968 bits per heavy atom. The molecule has 0 fully saturated rings. The van der Waals surface area contributed by atoms with Gasteiger partial charge in [-0.1, -0.05) is 60.4 Å². The highest BCUT2D eigenvalue weighted by Crippen LogP contribution is 2.31. The van der Waals surface area contributed by atoms with Crippen LogP contribution in [0.25, 0.3) is 16.9 Å². The van der Waals surface area contributed by atoms with Crippen LogP contribution in [0.3, 0.4) is 0 Å². The van der Waals surface area contributed by atoms with Gasteiger partial charge in [-0.3, -0.25) is 4.79 Å². The lowest BCUT2D eigenvalue weighted by molar-refractivity contribution is 0.0959. The van der Waals surface area contributed by atoms with Crippen LogP contribution in [-0.4, -0.2) is 29.3 Å². The molecule has 0 aliphatic carbocycles. The Kier molecular flexibility index (Phi) is 6.10. The van der Waals surface area contributed by atoms with Crippen molar-refractivity contribution in [2.24, 2.45) is 0 Å². The largest absolute Gasteiger partial charge is 0.496 e. The van der Waals surface area contributed by atoms with Crippen molar-refractivity contribution >= 4 is 5.91 Å². The maximum Gasteiger partial charge on any atom is 0.255 e. The van der Waals surface area contributed by atoms with E-state index in [9.17, 15) is 4.79 Å². The van der Waals surface area contributed by atoms with Gasteiger partial charge in [-0.2, -0.15) is 5.10 Å². The summed E-state index contributed by atoms with van der Waals surface area (Å²) in [7, 11) is 1.60. The van der Waals surface area contributed by atoms with Gasteiger partial charge in [0.25, 0.3) is 5.91 Å². The number of rotatable bonds is 5. The molecule has 0 bridgehead atoms. The first-order chi connectivity index (χ1) is 15.3. The molecule has 4 aromatic rings. The highest BCUT2D eigenvalue weighted by molar-refractivity contribution is 6.00. The molecule has 0 aliphatic rings. The van der Waals surface area contributed by atoms with Gasteiger partial charge < -0.3 is 10.1 Å². The molecular formula is C26H21N3O2. The fraction of sp³-hybridized carbons (Fsp3) is 0.0769. The fourth-order valence-corrected chi connectivity index (χ4v) is 3.18. The molecule has 3 aromatic carbocycles. The molecule has 4 rings (SSSR count). The Morgan fingerprint density at radius 3 is 2.39 bits per heavy atom. The Morgan fingerprint density at radius 2 is 1.65 bits per heavy atom. The molecule has 1 heterocycles. The van der Waals surface area contributed by atoms with Crippen LogP contribution in [0.4, 0.5) is 0 Å². The van der Waals surface area contributed by atoms with E-state index in [0.717, 1.165) is 16.8 Å². The predicted octanol–water partition coefficient (Wildman–Crippen LogP) is 4.33. The van der Waals surface area contributed by atoms with Gasteiger partial charge in [0.05, 0.1) is 24.9 Å². The highest BCUT2D eigenvalue weighted by Gasteiger charge is 2.20. The normalized spacial score (nSPS) is 10.1. The number of hydrogen-bond acceptors (Lipinski definition) is 3. The summed E-state index contributed by atoms with van der Waals surface area (Å²) in [6, 6.07) is 26.9. The number of aromatic nitrogens is 2. The molecule has 1 aromatic heterocycles. The monoisotopic (exact) mass is 407 g/mol. The smallest absolute Gasteiger partial charge is 0.255 e. The minimum absolute atomic E-state index is 0.232. The van der Waals surface area contributed by atoms with E-state index in [2.05, 4.69) is 17.2 Å². The third-order valence-electron chi connectivity index (χ3n) is 4.69. The van der Waals surface area contributed by atoms with Crippen LogP contribution in [-0.2, 0) is 0 Å². The van der Waals surface area contributed by atoms with Crippen molar-refractivity contribution in [2.45, 2.75) is 0 Å². The zero-order valence-corrected chi connectivity index (χ0v) is 17.1. The first-order valence-electron chi connectivity index (χ1n) is 9.87. The summed E-state index contributed by atoms with van der Waals surface area (Å²) in [6.07, 6.45) is 1.73. The molecule has 152 valence electrons. The van der Waals surface area contributed by atoms with Crippen LogP contribution in [0, 0.1) is 11.8 Å². The molecule has 0 radical (unpaired) electrons. The van der Waals surface area contributed by atoms with Crippen LogP contribution in [0.2, 0.25) is 0 Å². The number of hydrogen-bond donors (Lipinski definition) is 1. The molecule has 31 heavy (non-hydrogen) atoms. The van der Waals surface area contributed by atoms with E-state index < -0.39 is 0 Å². The van der Waals surface area contributed by atoms with Crippen molar-refractivity contribution in [3.05, 3.63) is 102 Å². The molecule has 0 unspecified atom stereocenters. The molecule has 1 N–H and O–H groups in total. The quantitative estimate of drug-likeness (QED) is 0.501. The van der Waals surface area contributed by atoms with Crippen LogP contribution in [0.15, 0.2) is 91.1 Å². The summed E-state index contributed by atoms with van der Waals surface area (Å²) in [4.78, 5) is 13.0. The minimum atomic E-state index is -0.245. The van der Waals surface area contributed by atoms with Gasteiger partial charge in [0.1, 0.15) is 11.4 Å². The summed E-state index contributed by atoms with van der Waals surface area (Å²) in [6.45, 7) is 0.232. The predicted molar refractivity (Wildman–Crippen MR) is 121 cm³/mol. The summed E-state index contributed by atoms with van der Waals surface area (Å²) >= 11 is 0. The summed E-state index contributed by atoms with van der Waals surface area (Å²) < 4.78 is 7.19. The Hall–Kier alpha value is -4.30. The standard InChI is InChI=1S/C26H21N3O2/c1-31-24-17-9-8-16-22(24)25-23(19-29(28-25)21-14-6-3-7-15-21)26(30)27-18-10-13-20-11-4-2-5-12-20/h2-9,11-12,14-17,19H,18H2,1H3,(H,27,30). The Labute approximate surface area is 181 Å². The average Bonchev–Trinajstić information content (AvgIpc) is 3.28. The first kappa shape index (κ1) is 20.0. The van der Waals surface area contributed by atoms with Gasteiger partial charge in [0.15, 0.2) is 0 Å². The number of benzene rings is 3. The van der Waals surface area contributed by atoms with E-state index in [1.54, 1.807) is 18.0 Å². The number of methoxy groups -OCH3 is 1.